The van der Waals surface area contributed by atoms with E-state index in [1.165, 1.54) is 47.4 Å². The first-order valence-electron chi connectivity index (χ1n) is 10.2. The molecule has 0 aliphatic rings. The van der Waals surface area contributed by atoms with E-state index in [4.69, 9.17) is 4.74 Å². The molecule has 1 N–H and O–H groups in total. The lowest BCUT2D eigenvalue weighted by Crippen LogP contribution is -2.29. The molecule has 0 bridgehead atoms. The largest absolute Gasteiger partial charge is 0.494 e. The highest BCUT2D eigenvalue weighted by molar-refractivity contribution is 7.92. The molecule has 1 atom stereocenters. The molecule has 174 valence electrons. The fourth-order valence-electron chi connectivity index (χ4n) is 3.15. The Morgan fingerprint density at radius 2 is 1.64 bits per heavy atom. The van der Waals surface area contributed by atoms with E-state index in [0.717, 1.165) is 12.1 Å². The maximum absolute atomic E-state index is 13.5. The van der Waals surface area contributed by atoms with Gasteiger partial charge in [-0.1, -0.05) is 6.07 Å². The molecule has 3 rings (SSSR count). The van der Waals surface area contributed by atoms with Gasteiger partial charge in [0, 0.05) is 18.3 Å². The number of amides is 1. The number of hydrogen-bond acceptors (Lipinski definition) is 4. The monoisotopic (exact) mass is 474 g/mol. The Hall–Kier alpha value is -3.46. The maximum Gasteiger partial charge on any atom is 0.261 e. The standard InChI is InChI=1S/C24H24F2N2O4S/c1-4-32-20-10-12-21(13-11-20)33(30,31)27-19-8-5-17(6-9-19)24(29)28(3)16(2)18-7-14-22(25)23(26)15-18/h5-16,27H,4H2,1-3H3. The summed E-state index contributed by atoms with van der Waals surface area (Å²) in [6.45, 7) is 4.01. The minimum Gasteiger partial charge on any atom is -0.494 e. The van der Waals surface area contributed by atoms with E-state index < -0.39 is 27.7 Å². The van der Waals surface area contributed by atoms with Gasteiger partial charge in [-0.15, -0.1) is 0 Å². The van der Waals surface area contributed by atoms with Crippen molar-refractivity contribution >= 4 is 21.6 Å². The van der Waals surface area contributed by atoms with Gasteiger partial charge in [0.2, 0.25) is 0 Å². The van der Waals surface area contributed by atoms with Gasteiger partial charge < -0.3 is 9.64 Å². The van der Waals surface area contributed by atoms with Gasteiger partial charge in [-0.05, 0) is 80.1 Å². The van der Waals surface area contributed by atoms with E-state index in [2.05, 4.69) is 4.72 Å². The second-order valence-corrected chi connectivity index (χ2v) is 9.04. The van der Waals surface area contributed by atoms with E-state index in [0.29, 0.717) is 23.5 Å². The highest BCUT2D eigenvalue weighted by Crippen LogP contribution is 2.24. The molecular weight excluding hydrogens is 450 g/mol. The topological polar surface area (TPSA) is 75.7 Å². The number of carbonyl (C=O) groups is 1. The van der Waals surface area contributed by atoms with Gasteiger partial charge in [-0.2, -0.15) is 0 Å². The zero-order valence-corrected chi connectivity index (χ0v) is 19.2. The molecule has 0 radical (unpaired) electrons. The quantitative estimate of drug-likeness (QED) is 0.499. The molecule has 0 aromatic heterocycles. The van der Waals surface area contributed by atoms with Crippen LogP contribution < -0.4 is 9.46 Å². The van der Waals surface area contributed by atoms with E-state index in [1.54, 1.807) is 26.1 Å². The van der Waals surface area contributed by atoms with Crippen molar-refractivity contribution in [1.29, 1.82) is 0 Å². The summed E-state index contributed by atoms with van der Waals surface area (Å²) in [5, 5.41) is 0. The molecule has 3 aromatic rings. The molecule has 33 heavy (non-hydrogen) atoms. The lowest BCUT2D eigenvalue weighted by atomic mass is 10.1. The van der Waals surface area contributed by atoms with Crippen LogP contribution in [0.5, 0.6) is 5.75 Å². The third-order valence-electron chi connectivity index (χ3n) is 5.16. The fourth-order valence-corrected chi connectivity index (χ4v) is 4.21. The van der Waals surface area contributed by atoms with Crippen LogP contribution >= 0.6 is 0 Å². The zero-order chi connectivity index (χ0) is 24.2. The van der Waals surface area contributed by atoms with Gasteiger partial charge in [-0.3, -0.25) is 9.52 Å². The molecule has 6 nitrogen and oxygen atoms in total. The smallest absolute Gasteiger partial charge is 0.261 e. The average Bonchev–Trinajstić information content (AvgIpc) is 2.80. The second kappa shape index (κ2) is 9.99. The van der Waals surface area contributed by atoms with Crippen molar-refractivity contribution < 1.29 is 26.7 Å². The number of hydrogen-bond donors (Lipinski definition) is 1. The minimum atomic E-state index is -3.82. The number of sulfonamides is 1. The van der Waals surface area contributed by atoms with Gasteiger partial charge in [0.05, 0.1) is 17.5 Å². The number of ether oxygens (including phenoxy) is 1. The molecule has 1 unspecified atom stereocenters. The van der Waals surface area contributed by atoms with Crippen LogP contribution in [0, 0.1) is 11.6 Å². The Balaban J connectivity index is 1.70. The summed E-state index contributed by atoms with van der Waals surface area (Å²) >= 11 is 0. The molecule has 9 heteroatoms. The number of carbonyl (C=O) groups excluding carboxylic acids is 1. The average molecular weight is 475 g/mol. The summed E-state index contributed by atoms with van der Waals surface area (Å²) in [6.07, 6.45) is 0. The van der Waals surface area contributed by atoms with Crippen LogP contribution in [0.1, 0.15) is 35.8 Å². The zero-order valence-electron chi connectivity index (χ0n) is 18.4. The van der Waals surface area contributed by atoms with Gasteiger partial charge in [0.25, 0.3) is 15.9 Å². The van der Waals surface area contributed by atoms with Crippen LogP contribution in [-0.4, -0.2) is 32.9 Å². The van der Waals surface area contributed by atoms with Crippen molar-refractivity contribution in [2.45, 2.75) is 24.8 Å². The third kappa shape index (κ3) is 5.67. The number of halogens is 2. The molecule has 0 heterocycles. The number of rotatable bonds is 8. The molecule has 3 aromatic carbocycles. The summed E-state index contributed by atoms with van der Waals surface area (Å²) in [5.74, 6) is -1.72. The molecule has 1 amide bonds. The van der Waals surface area contributed by atoms with Crippen LogP contribution in [0.15, 0.2) is 71.6 Å². The fraction of sp³-hybridized carbons (Fsp3) is 0.208. The Kier molecular flexibility index (Phi) is 7.33. The van der Waals surface area contributed by atoms with Crippen LogP contribution in [0.3, 0.4) is 0 Å². The van der Waals surface area contributed by atoms with Crippen molar-refractivity contribution in [1.82, 2.24) is 4.90 Å². The molecule has 0 saturated carbocycles. The summed E-state index contributed by atoms with van der Waals surface area (Å²) in [7, 11) is -2.27. The van der Waals surface area contributed by atoms with Gasteiger partial charge >= 0.3 is 0 Å². The molecule has 0 spiro atoms. The van der Waals surface area contributed by atoms with Crippen molar-refractivity contribution in [3.05, 3.63) is 89.5 Å². The number of anilines is 1. The summed E-state index contributed by atoms with van der Waals surface area (Å²) in [6, 6.07) is 15.0. The van der Waals surface area contributed by atoms with Crippen LogP contribution in [0.4, 0.5) is 14.5 Å². The van der Waals surface area contributed by atoms with Gasteiger partial charge in [-0.25, -0.2) is 17.2 Å². The number of nitrogens with one attached hydrogen (secondary N) is 1. The Labute approximate surface area is 191 Å². The normalized spacial score (nSPS) is 12.2. The minimum absolute atomic E-state index is 0.0752. The summed E-state index contributed by atoms with van der Waals surface area (Å²) < 4.78 is 59.7. The predicted molar refractivity (Wildman–Crippen MR) is 122 cm³/mol. The first kappa shape index (κ1) is 24.2. The second-order valence-electron chi connectivity index (χ2n) is 7.35. The SMILES string of the molecule is CCOc1ccc(S(=O)(=O)Nc2ccc(C(=O)N(C)C(C)c3ccc(F)c(F)c3)cc2)cc1. The molecule has 0 aliphatic carbocycles. The molecule has 0 fully saturated rings. The number of nitrogens with zero attached hydrogens (tertiary/aromatic N) is 1. The first-order chi connectivity index (χ1) is 15.6. The highest BCUT2D eigenvalue weighted by Gasteiger charge is 2.21. The summed E-state index contributed by atoms with van der Waals surface area (Å²) in [5.41, 5.74) is 1.05. The molecule has 0 aliphatic heterocycles. The number of benzene rings is 3. The summed E-state index contributed by atoms with van der Waals surface area (Å²) in [4.78, 5) is 14.3. The predicted octanol–water partition coefficient (Wildman–Crippen LogP) is 5.00. The van der Waals surface area contributed by atoms with Gasteiger partial charge in [0.1, 0.15) is 5.75 Å². The van der Waals surface area contributed by atoms with Crippen LogP contribution in [0.25, 0.3) is 0 Å². The Morgan fingerprint density at radius 1 is 1.00 bits per heavy atom. The van der Waals surface area contributed by atoms with E-state index >= 15 is 0 Å². The van der Waals surface area contributed by atoms with Crippen LogP contribution in [-0.2, 0) is 10.0 Å². The molecular formula is C24H24F2N2O4S. The van der Waals surface area contributed by atoms with Gasteiger partial charge in [0.15, 0.2) is 11.6 Å². The Bertz CT molecular complexity index is 1230. The first-order valence-corrected chi connectivity index (χ1v) is 11.7. The van der Waals surface area contributed by atoms with E-state index in [9.17, 15) is 22.0 Å². The van der Waals surface area contributed by atoms with Crippen molar-refractivity contribution in [3.63, 3.8) is 0 Å². The van der Waals surface area contributed by atoms with E-state index in [1.807, 2.05) is 6.92 Å². The third-order valence-corrected chi connectivity index (χ3v) is 6.55. The van der Waals surface area contributed by atoms with Crippen molar-refractivity contribution in [3.8, 4) is 5.75 Å². The molecule has 0 saturated heterocycles. The Morgan fingerprint density at radius 3 is 2.21 bits per heavy atom. The van der Waals surface area contributed by atoms with E-state index in [-0.39, 0.29) is 16.5 Å². The lowest BCUT2D eigenvalue weighted by Gasteiger charge is -2.25. The maximum atomic E-state index is 13.5. The van der Waals surface area contributed by atoms with Crippen LogP contribution in [0.2, 0.25) is 0 Å². The van der Waals surface area contributed by atoms with Crippen molar-refractivity contribution in [2.75, 3.05) is 18.4 Å². The highest BCUT2D eigenvalue weighted by atomic mass is 32.2. The lowest BCUT2D eigenvalue weighted by molar-refractivity contribution is 0.0742. The van der Waals surface area contributed by atoms with Crippen molar-refractivity contribution in [2.24, 2.45) is 0 Å².